The van der Waals surface area contributed by atoms with E-state index in [9.17, 15) is 0 Å². The van der Waals surface area contributed by atoms with Crippen LogP contribution in [0.25, 0.3) is 0 Å². The third-order valence-electron chi connectivity index (χ3n) is 4.04. The number of benzene rings is 1. The van der Waals surface area contributed by atoms with Gasteiger partial charge in [0.15, 0.2) is 0 Å². The molecule has 0 amide bonds. The molecule has 3 rings (SSSR count). The minimum absolute atomic E-state index is 0.866. The molecule has 1 aromatic carbocycles. The molecule has 1 aromatic heterocycles. The largest absolute Gasteiger partial charge is 0.359 e. The molecule has 0 radical (unpaired) electrons. The standard InChI is InChI=1S/C16H19ClN2S/c1-13-6-11-20-16(13)12-18-7-9-19(10-8-18)15-5-3-2-4-14(15)17/h2-6,11H,7-10,12H2,1H3/p+1. The van der Waals surface area contributed by atoms with Crippen molar-refractivity contribution in [2.75, 3.05) is 31.1 Å². The first-order valence-electron chi connectivity index (χ1n) is 7.10. The quantitative estimate of drug-likeness (QED) is 0.916. The Morgan fingerprint density at radius 3 is 2.60 bits per heavy atom. The summed E-state index contributed by atoms with van der Waals surface area (Å²) in [4.78, 5) is 5.62. The summed E-state index contributed by atoms with van der Waals surface area (Å²) in [6.45, 7) is 7.92. The van der Waals surface area contributed by atoms with E-state index < -0.39 is 0 Å². The zero-order valence-corrected chi connectivity index (χ0v) is 13.3. The lowest BCUT2D eigenvalue weighted by molar-refractivity contribution is -0.914. The molecule has 0 spiro atoms. The second-order valence-corrected chi connectivity index (χ2v) is 6.80. The molecule has 106 valence electrons. The van der Waals surface area contributed by atoms with Gasteiger partial charge in [-0.05, 0) is 36.1 Å². The summed E-state index contributed by atoms with van der Waals surface area (Å²) < 4.78 is 0. The zero-order valence-electron chi connectivity index (χ0n) is 11.7. The Hall–Kier alpha value is -1.03. The summed E-state index contributed by atoms with van der Waals surface area (Å²) in [5.41, 5.74) is 2.62. The van der Waals surface area contributed by atoms with Crippen molar-refractivity contribution in [3.8, 4) is 0 Å². The van der Waals surface area contributed by atoms with Gasteiger partial charge in [-0.3, -0.25) is 0 Å². The third-order valence-corrected chi connectivity index (χ3v) is 5.39. The van der Waals surface area contributed by atoms with E-state index in [0.29, 0.717) is 0 Å². The fourth-order valence-corrected chi connectivity index (χ4v) is 3.99. The number of halogens is 1. The van der Waals surface area contributed by atoms with E-state index in [1.165, 1.54) is 35.8 Å². The molecular formula is C16H20ClN2S+. The van der Waals surface area contributed by atoms with Gasteiger partial charge in [-0.1, -0.05) is 23.7 Å². The van der Waals surface area contributed by atoms with Crippen LogP contribution >= 0.6 is 22.9 Å². The highest BCUT2D eigenvalue weighted by atomic mass is 35.5. The molecule has 20 heavy (non-hydrogen) atoms. The van der Waals surface area contributed by atoms with Crippen LogP contribution in [0.2, 0.25) is 5.02 Å². The van der Waals surface area contributed by atoms with E-state index in [1.807, 2.05) is 23.5 Å². The summed E-state index contributed by atoms with van der Waals surface area (Å²) in [6.07, 6.45) is 0. The predicted octanol–water partition coefficient (Wildman–Crippen LogP) is 2.62. The fourth-order valence-electron chi connectivity index (χ4n) is 2.76. The number of quaternary nitrogens is 1. The predicted molar refractivity (Wildman–Crippen MR) is 87.1 cm³/mol. The summed E-state index contributed by atoms with van der Waals surface area (Å²) in [7, 11) is 0. The Morgan fingerprint density at radius 1 is 1.20 bits per heavy atom. The number of thiophene rings is 1. The normalized spacial score (nSPS) is 16.6. The van der Waals surface area contributed by atoms with Crippen LogP contribution in [0.5, 0.6) is 0 Å². The van der Waals surface area contributed by atoms with Gasteiger partial charge in [0.1, 0.15) is 6.54 Å². The van der Waals surface area contributed by atoms with E-state index >= 15 is 0 Å². The number of aryl methyl sites for hydroxylation is 1. The fraction of sp³-hybridized carbons (Fsp3) is 0.375. The first-order valence-corrected chi connectivity index (χ1v) is 8.36. The maximum Gasteiger partial charge on any atom is 0.112 e. The minimum Gasteiger partial charge on any atom is -0.359 e. The van der Waals surface area contributed by atoms with Crippen molar-refractivity contribution in [2.45, 2.75) is 13.5 Å². The number of nitrogens with zero attached hydrogens (tertiary/aromatic N) is 1. The highest BCUT2D eigenvalue weighted by Crippen LogP contribution is 2.24. The molecule has 4 heteroatoms. The molecule has 0 saturated carbocycles. The molecule has 1 aliphatic rings. The maximum absolute atomic E-state index is 6.28. The van der Waals surface area contributed by atoms with Crippen molar-refractivity contribution in [3.63, 3.8) is 0 Å². The van der Waals surface area contributed by atoms with Gasteiger partial charge in [0, 0.05) is 0 Å². The molecule has 1 aliphatic heterocycles. The number of para-hydroxylation sites is 1. The molecule has 2 heterocycles. The van der Waals surface area contributed by atoms with Gasteiger partial charge in [-0.15, -0.1) is 11.3 Å². The van der Waals surface area contributed by atoms with Crippen molar-refractivity contribution < 1.29 is 4.90 Å². The molecule has 1 N–H and O–H groups in total. The second kappa shape index (κ2) is 6.17. The molecule has 1 saturated heterocycles. The highest BCUT2D eigenvalue weighted by Gasteiger charge is 2.22. The Kier molecular flexibility index (Phi) is 4.29. The monoisotopic (exact) mass is 307 g/mol. The Morgan fingerprint density at radius 2 is 1.95 bits per heavy atom. The van der Waals surface area contributed by atoms with Crippen LogP contribution in [-0.2, 0) is 6.54 Å². The van der Waals surface area contributed by atoms with Crippen LogP contribution in [-0.4, -0.2) is 26.2 Å². The van der Waals surface area contributed by atoms with Crippen LogP contribution in [0.15, 0.2) is 35.7 Å². The molecule has 0 unspecified atom stereocenters. The highest BCUT2D eigenvalue weighted by molar-refractivity contribution is 7.10. The van der Waals surface area contributed by atoms with Crippen molar-refractivity contribution in [1.82, 2.24) is 0 Å². The molecular weight excluding hydrogens is 288 g/mol. The number of rotatable bonds is 3. The molecule has 2 nitrogen and oxygen atoms in total. The molecule has 1 fully saturated rings. The van der Waals surface area contributed by atoms with Crippen LogP contribution in [0, 0.1) is 6.92 Å². The maximum atomic E-state index is 6.28. The minimum atomic E-state index is 0.866. The summed E-state index contributed by atoms with van der Waals surface area (Å²) >= 11 is 8.17. The van der Waals surface area contributed by atoms with Crippen LogP contribution in [0.3, 0.4) is 0 Å². The topological polar surface area (TPSA) is 7.68 Å². The summed E-state index contributed by atoms with van der Waals surface area (Å²) in [5.74, 6) is 0. The van der Waals surface area contributed by atoms with Gasteiger partial charge >= 0.3 is 0 Å². The van der Waals surface area contributed by atoms with E-state index in [2.05, 4.69) is 35.4 Å². The van der Waals surface area contributed by atoms with E-state index in [0.717, 1.165) is 18.1 Å². The summed E-state index contributed by atoms with van der Waals surface area (Å²) in [6, 6.07) is 10.4. The van der Waals surface area contributed by atoms with Crippen LogP contribution in [0.4, 0.5) is 5.69 Å². The second-order valence-electron chi connectivity index (χ2n) is 5.39. The first kappa shape index (κ1) is 13.9. The van der Waals surface area contributed by atoms with Gasteiger partial charge in [0.2, 0.25) is 0 Å². The van der Waals surface area contributed by atoms with Gasteiger partial charge in [0.25, 0.3) is 0 Å². The Bertz CT molecular complexity index is 573. The molecule has 0 aliphatic carbocycles. The van der Waals surface area contributed by atoms with Crippen molar-refractivity contribution in [2.24, 2.45) is 0 Å². The average molecular weight is 308 g/mol. The van der Waals surface area contributed by atoms with Crippen LogP contribution in [0.1, 0.15) is 10.4 Å². The lowest BCUT2D eigenvalue weighted by Gasteiger charge is -2.34. The average Bonchev–Trinajstić information content (AvgIpc) is 2.86. The van der Waals surface area contributed by atoms with Crippen molar-refractivity contribution in [3.05, 3.63) is 51.2 Å². The Labute approximate surface area is 129 Å². The smallest absolute Gasteiger partial charge is 0.112 e. The number of piperazine rings is 1. The van der Waals surface area contributed by atoms with E-state index in [-0.39, 0.29) is 0 Å². The Balaban J connectivity index is 1.60. The molecule has 0 bridgehead atoms. The van der Waals surface area contributed by atoms with Crippen molar-refractivity contribution >= 4 is 28.6 Å². The van der Waals surface area contributed by atoms with E-state index in [1.54, 1.807) is 4.90 Å². The lowest BCUT2D eigenvalue weighted by atomic mass is 10.2. The SMILES string of the molecule is Cc1ccsc1C[NH+]1CCN(c2ccccc2Cl)CC1. The zero-order chi connectivity index (χ0) is 13.9. The third kappa shape index (κ3) is 3.00. The lowest BCUT2D eigenvalue weighted by Crippen LogP contribution is -3.13. The van der Waals surface area contributed by atoms with Crippen molar-refractivity contribution in [1.29, 1.82) is 0 Å². The first-order chi connectivity index (χ1) is 9.74. The van der Waals surface area contributed by atoms with Gasteiger partial charge in [-0.25, -0.2) is 0 Å². The van der Waals surface area contributed by atoms with Gasteiger partial charge in [0.05, 0.1) is 41.8 Å². The summed E-state index contributed by atoms with van der Waals surface area (Å²) in [5, 5.41) is 3.06. The number of hydrogen-bond acceptors (Lipinski definition) is 2. The van der Waals surface area contributed by atoms with Gasteiger partial charge < -0.3 is 9.80 Å². The van der Waals surface area contributed by atoms with Gasteiger partial charge in [-0.2, -0.15) is 0 Å². The molecule has 0 atom stereocenters. The number of hydrogen-bond donors (Lipinski definition) is 1. The molecule has 2 aromatic rings. The number of nitrogens with one attached hydrogen (secondary N) is 1. The number of anilines is 1. The van der Waals surface area contributed by atoms with Crippen LogP contribution < -0.4 is 9.80 Å². The van der Waals surface area contributed by atoms with E-state index in [4.69, 9.17) is 11.6 Å².